The van der Waals surface area contributed by atoms with Crippen molar-refractivity contribution >= 4 is 5.91 Å². The number of nitrogens with zero attached hydrogens (tertiary/aromatic N) is 2. The molecule has 0 unspecified atom stereocenters. The zero-order valence-electron chi connectivity index (χ0n) is 11.0. The summed E-state index contributed by atoms with van der Waals surface area (Å²) >= 11 is 0. The minimum atomic E-state index is 0.307. The molecule has 4 nitrogen and oxygen atoms in total. The second kappa shape index (κ2) is 6.36. The molecule has 2 rings (SSSR count). The third kappa shape index (κ3) is 3.42. The summed E-state index contributed by atoms with van der Waals surface area (Å²) in [7, 11) is 0. The van der Waals surface area contributed by atoms with E-state index in [4.69, 9.17) is 0 Å². The van der Waals surface area contributed by atoms with E-state index in [2.05, 4.69) is 22.0 Å². The van der Waals surface area contributed by atoms with Gasteiger partial charge in [-0.15, -0.1) is 0 Å². The van der Waals surface area contributed by atoms with Gasteiger partial charge in [-0.3, -0.25) is 4.79 Å². The van der Waals surface area contributed by atoms with Crippen molar-refractivity contribution in [1.82, 2.24) is 9.80 Å². The summed E-state index contributed by atoms with van der Waals surface area (Å²) in [4.78, 5) is 16.9. The van der Waals surface area contributed by atoms with Crippen LogP contribution in [0.2, 0.25) is 0 Å². The van der Waals surface area contributed by atoms with Crippen molar-refractivity contribution in [3.05, 3.63) is 0 Å². The van der Waals surface area contributed by atoms with Crippen LogP contribution in [-0.4, -0.2) is 61.5 Å². The van der Waals surface area contributed by atoms with Crippen molar-refractivity contribution in [2.45, 2.75) is 26.2 Å². The number of quaternary nitrogens is 1. The fourth-order valence-electron chi connectivity index (χ4n) is 2.95. The first-order valence-corrected chi connectivity index (χ1v) is 7.14. The molecule has 4 heteroatoms. The molecule has 2 aliphatic heterocycles. The number of carbonyl (C=O) groups excluding carboxylic acids is 1. The van der Waals surface area contributed by atoms with E-state index in [9.17, 15) is 4.79 Å². The van der Waals surface area contributed by atoms with Crippen LogP contribution < -0.4 is 5.32 Å². The summed E-state index contributed by atoms with van der Waals surface area (Å²) in [6.45, 7) is 9.72. The van der Waals surface area contributed by atoms with Gasteiger partial charge in [-0.05, 0) is 38.9 Å². The van der Waals surface area contributed by atoms with Crippen LogP contribution in [0.3, 0.4) is 0 Å². The van der Waals surface area contributed by atoms with E-state index in [0.29, 0.717) is 11.8 Å². The Bertz CT molecular complexity index is 243. The van der Waals surface area contributed by atoms with E-state index >= 15 is 0 Å². The number of piperidine rings is 1. The van der Waals surface area contributed by atoms with Gasteiger partial charge < -0.3 is 15.1 Å². The van der Waals surface area contributed by atoms with Crippen molar-refractivity contribution in [3.63, 3.8) is 0 Å². The second-order valence-corrected chi connectivity index (χ2v) is 5.31. The molecule has 98 valence electrons. The lowest BCUT2D eigenvalue weighted by molar-refractivity contribution is -0.662. The van der Waals surface area contributed by atoms with Crippen LogP contribution in [0.5, 0.6) is 0 Å². The minimum absolute atomic E-state index is 0.307. The lowest BCUT2D eigenvalue weighted by atomic mass is 9.95. The van der Waals surface area contributed by atoms with Gasteiger partial charge in [-0.2, -0.15) is 0 Å². The van der Waals surface area contributed by atoms with Crippen LogP contribution in [0.15, 0.2) is 0 Å². The first-order valence-electron chi connectivity index (χ1n) is 7.14. The number of hydrogen-bond donors (Lipinski definition) is 1. The molecule has 17 heavy (non-hydrogen) atoms. The van der Waals surface area contributed by atoms with Crippen LogP contribution in [0.4, 0.5) is 0 Å². The first-order chi connectivity index (χ1) is 8.31. The SMILES string of the molecule is CCCN1CCC(C(=O)N2CC[NH2+]CC2)CC1. The van der Waals surface area contributed by atoms with Gasteiger partial charge in [0.05, 0.1) is 26.2 Å². The molecule has 0 aromatic heterocycles. The predicted octanol–water partition coefficient (Wildman–Crippen LogP) is -0.486. The van der Waals surface area contributed by atoms with Crippen molar-refractivity contribution in [1.29, 1.82) is 0 Å². The Morgan fingerprint density at radius 1 is 1.18 bits per heavy atom. The van der Waals surface area contributed by atoms with E-state index in [1.54, 1.807) is 0 Å². The molecule has 0 bridgehead atoms. The van der Waals surface area contributed by atoms with Gasteiger partial charge >= 0.3 is 0 Å². The number of likely N-dealkylation sites (tertiary alicyclic amines) is 1. The predicted molar refractivity (Wildman–Crippen MR) is 67.7 cm³/mol. The molecule has 0 saturated carbocycles. The third-order valence-electron chi connectivity index (χ3n) is 3.99. The molecule has 1 amide bonds. The van der Waals surface area contributed by atoms with Gasteiger partial charge in [-0.1, -0.05) is 6.92 Å². The summed E-state index contributed by atoms with van der Waals surface area (Å²) in [5.74, 6) is 0.732. The summed E-state index contributed by atoms with van der Waals surface area (Å²) in [6.07, 6.45) is 3.36. The van der Waals surface area contributed by atoms with Gasteiger partial charge in [0, 0.05) is 5.92 Å². The van der Waals surface area contributed by atoms with Crippen LogP contribution in [0, 0.1) is 5.92 Å². The summed E-state index contributed by atoms with van der Waals surface area (Å²) in [5, 5.41) is 2.30. The van der Waals surface area contributed by atoms with E-state index in [-0.39, 0.29) is 0 Å². The number of piperazine rings is 1. The van der Waals surface area contributed by atoms with Gasteiger partial charge in [0.15, 0.2) is 0 Å². The maximum absolute atomic E-state index is 12.3. The molecule has 0 aromatic rings. The summed E-state index contributed by atoms with van der Waals surface area (Å²) in [5.41, 5.74) is 0. The molecule has 2 N–H and O–H groups in total. The van der Waals surface area contributed by atoms with Gasteiger partial charge in [0.2, 0.25) is 5.91 Å². The zero-order valence-corrected chi connectivity index (χ0v) is 11.0. The maximum atomic E-state index is 12.3. The zero-order chi connectivity index (χ0) is 12.1. The molecule has 2 fully saturated rings. The van der Waals surface area contributed by atoms with Crippen molar-refractivity contribution < 1.29 is 10.1 Å². The van der Waals surface area contributed by atoms with Gasteiger partial charge in [0.1, 0.15) is 0 Å². The largest absolute Gasteiger partial charge is 0.343 e. The van der Waals surface area contributed by atoms with Crippen LogP contribution >= 0.6 is 0 Å². The van der Waals surface area contributed by atoms with Gasteiger partial charge in [0.25, 0.3) is 0 Å². The highest BCUT2D eigenvalue weighted by atomic mass is 16.2. The van der Waals surface area contributed by atoms with Crippen molar-refractivity contribution in [2.75, 3.05) is 45.8 Å². The Labute approximate surface area is 104 Å². The number of rotatable bonds is 3. The third-order valence-corrected chi connectivity index (χ3v) is 3.99. The van der Waals surface area contributed by atoms with E-state index in [1.807, 2.05) is 0 Å². The molecule has 0 aliphatic carbocycles. The topological polar surface area (TPSA) is 40.2 Å². The molecule has 2 aliphatic rings. The fraction of sp³-hybridized carbons (Fsp3) is 0.923. The monoisotopic (exact) mass is 240 g/mol. The standard InChI is InChI=1S/C13H25N3O/c1-2-7-15-8-3-12(4-9-15)13(17)16-10-5-14-6-11-16/h12,14H,2-11H2,1H3/p+1. The Morgan fingerprint density at radius 2 is 1.82 bits per heavy atom. The highest BCUT2D eigenvalue weighted by Gasteiger charge is 2.29. The lowest BCUT2D eigenvalue weighted by Gasteiger charge is -2.34. The van der Waals surface area contributed by atoms with Crippen LogP contribution in [0.1, 0.15) is 26.2 Å². The molecule has 0 atom stereocenters. The van der Waals surface area contributed by atoms with Crippen molar-refractivity contribution in [3.8, 4) is 0 Å². The average Bonchev–Trinajstić information content (AvgIpc) is 2.40. The molecular weight excluding hydrogens is 214 g/mol. The summed E-state index contributed by atoms with van der Waals surface area (Å²) < 4.78 is 0. The maximum Gasteiger partial charge on any atom is 0.226 e. The quantitative estimate of drug-likeness (QED) is 0.723. The normalized spacial score (nSPS) is 23.9. The fourth-order valence-corrected chi connectivity index (χ4v) is 2.95. The highest BCUT2D eigenvalue weighted by molar-refractivity contribution is 5.79. The minimum Gasteiger partial charge on any atom is -0.343 e. The molecule has 0 radical (unpaired) electrons. The molecule has 2 saturated heterocycles. The van der Waals surface area contributed by atoms with Crippen molar-refractivity contribution in [2.24, 2.45) is 5.92 Å². The number of carbonyl (C=O) groups is 1. The number of hydrogen-bond acceptors (Lipinski definition) is 2. The molecular formula is C13H26N3O+. The van der Waals surface area contributed by atoms with Gasteiger partial charge in [-0.25, -0.2) is 0 Å². The number of nitrogens with two attached hydrogens (primary N) is 1. The smallest absolute Gasteiger partial charge is 0.226 e. The lowest BCUT2D eigenvalue weighted by Crippen LogP contribution is -2.90. The van der Waals surface area contributed by atoms with E-state index < -0.39 is 0 Å². The Kier molecular flexibility index (Phi) is 4.80. The second-order valence-electron chi connectivity index (χ2n) is 5.31. The molecule has 0 spiro atoms. The van der Waals surface area contributed by atoms with Crippen LogP contribution in [-0.2, 0) is 4.79 Å². The van der Waals surface area contributed by atoms with Crippen LogP contribution in [0.25, 0.3) is 0 Å². The molecule has 0 aromatic carbocycles. The Morgan fingerprint density at radius 3 is 2.41 bits per heavy atom. The first kappa shape index (κ1) is 12.8. The van der Waals surface area contributed by atoms with E-state index in [0.717, 1.165) is 52.1 Å². The Hall–Kier alpha value is -0.610. The Balaban J connectivity index is 1.77. The number of amides is 1. The average molecular weight is 240 g/mol. The molecule has 2 heterocycles. The summed E-state index contributed by atoms with van der Waals surface area (Å²) in [6, 6.07) is 0. The highest BCUT2D eigenvalue weighted by Crippen LogP contribution is 2.19. The van der Waals surface area contributed by atoms with E-state index in [1.165, 1.54) is 13.0 Å².